The van der Waals surface area contributed by atoms with E-state index < -0.39 is 0 Å². The summed E-state index contributed by atoms with van der Waals surface area (Å²) in [7, 11) is 0. The summed E-state index contributed by atoms with van der Waals surface area (Å²) in [5.41, 5.74) is 4.18. The summed E-state index contributed by atoms with van der Waals surface area (Å²) in [5.74, 6) is 0. The molecule has 8 heteroatoms. The number of aromatic amines is 1. The molecule has 0 aliphatic rings. The third-order valence-electron chi connectivity index (χ3n) is 3.52. The van der Waals surface area contributed by atoms with E-state index in [0.29, 0.717) is 28.2 Å². The van der Waals surface area contributed by atoms with Crippen molar-refractivity contribution in [3.8, 4) is 16.9 Å². The van der Waals surface area contributed by atoms with E-state index in [2.05, 4.69) is 20.3 Å². The molecule has 0 radical (unpaired) electrons. The first-order chi connectivity index (χ1) is 10.6. The predicted octanol–water partition coefficient (Wildman–Crippen LogP) is 1.97. The Kier molecular flexibility index (Phi) is 2.52. The van der Waals surface area contributed by atoms with Crippen molar-refractivity contribution in [2.24, 2.45) is 0 Å². The number of fused-ring (bicyclic) bond motifs is 1. The van der Waals surface area contributed by atoms with Gasteiger partial charge in [0.05, 0.1) is 22.5 Å². The number of hydrogen-bond donors (Lipinski definition) is 1. The van der Waals surface area contributed by atoms with Crippen LogP contribution in [-0.4, -0.2) is 24.8 Å². The van der Waals surface area contributed by atoms with E-state index in [0.717, 1.165) is 11.3 Å². The third kappa shape index (κ3) is 1.70. The Labute approximate surface area is 123 Å². The molecule has 0 saturated carbocycles. The molecule has 0 saturated heterocycles. The van der Waals surface area contributed by atoms with Gasteiger partial charge in [0.25, 0.3) is 0 Å². The molecular formula is C14H11N5O3. The number of aromatic nitrogens is 5. The molecule has 0 spiro atoms. The van der Waals surface area contributed by atoms with Gasteiger partial charge >= 0.3 is 5.69 Å². The van der Waals surface area contributed by atoms with Crippen LogP contribution >= 0.6 is 0 Å². The van der Waals surface area contributed by atoms with Crippen LogP contribution in [0, 0.1) is 13.8 Å². The quantitative estimate of drug-likeness (QED) is 0.606. The second-order valence-electron chi connectivity index (χ2n) is 4.93. The molecule has 0 unspecified atom stereocenters. The minimum atomic E-state index is -0.298. The van der Waals surface area contributed by atoms with Gasteiger partial charge in [0.15, 0.2) is 5.65 Å². The molecule has 0 aliphatic heterocycles. The lowest BCUT2D eigenvalue weighted by Crippen LogP contribution is -2.15. The van der Waals surface area contributed by atoms with E-state index in [1.54, 1.807) is 13.0 Å². The molecule has 4 heterocycles. The number of nitrogens with one attached hydrogen (secondary N) is 1. The summed E-state index contributed by atoms with van der Waals surface area (Å²) in [4.78, 5) is 19.5. The number of pyridine rings is 1. The van der Waals surface area contributed by atoms with Crippen molar-refractivity contribution in [3.05, 3.63) is 46.5 Å². The fourth-order valence-electron chi connectivity index (χ4n) is 2.40. The van der Waals surface area contributed by atoms with Gasteiger partial charge in [-0.1, -0.05) is 10.3 Å². The summed E-state index contributed by atoms with van der Waals surface area (Å²) >= 11 is 0. The van der Waals surface area contributed by atoms with Gasteiger partial charge in [-0.2, -0.15) is 0 Å². The summed E-state index contributed by atoms with van der Waals surface area (Å²) in [5, 5.41) is 7.65. The second kappa shape index (κ2) is 4.42. The van der Waals surface area contributed by atoms with E-state index in [1.807, 2.05) is 13.0 Å². The maximum atomic E-state index is 12.2. The Hall–Kier alpha value is -3.16. The molecule has 4 aromatic rings. The molecule has 0 bridgehead atoms. The average Bonchev–Trinajstić information content (AvgIpc) is 3.17. The highest BCUT2D eigenvalue weighted by atomic mass is 16.5. The highest BCUT2D eigenvalue weighted by Gasteiger charge is 2.16. The van der Waals surface area contributed by atoms with Gasteiger partial charge in [0, 0.05) is 0 Å². The van der Waals surface area contributed by atoms with Gasteiger partial charge < -0.3 is 14.0 Å². The van der Waals surface area contributed by atoms with Crippen LogP contribution in [0.25, 0.3) is 28.1 Å². The average molecular weight is 297 g/mol. The molecule has 1 N–H and O–H groups in total. The number of hydrogen-bond acceptors (Lipinski definition) is 6. The topological polar surface area (TPSA) is 103 Å². The maximum Gasteiger partial charge on any atom is 0.332 e. The van der Waals surface area contributed by atoms with Gasteiger partial charge in [0.1, 0.15) is 23.9 Å². The lowest BCUT2D eigenvalue weighted by molar-refractivity contribution is 0.414. The fraction of sp³-hybridized carbons (Fsp3) is 0.143. The van der Waals surface area contributed by atoms with Gasteiger partial charge in [-0.05, 0) is 26.0 Å². The Morgan fingerprint density at radius 2 is 1.86 bits per heavy atom. The molecule has 0 aliphatic carbocycles. The number of rotatable bonds is 2. The highest BCUT2D eigenvalue weighted by Crippen LogP contribution is 2.23. The summed E-state index contributed by atoms with van der Waals surface area (Å²) in [6, 6.07) is 3.60. The predicted molar refractivity (Wildman–Crippen MR) is 76.7 cm³/mol. The van der Waals surface area contributed by atoms with Crippen molar-refractivity contribution >= 4 is 11.2 Å². The van der Waals surface area contributed by atoms with Crippen LogP contribution in [0.2, 0.25) is 0 Å². The zero-order valence-electron chi connectivity index (χ0n) is 11.8. The van der Waals surface area contributed by atoms with Crippen molar-refractivity contribution in [2.45, 2.75) is 13.8 Å². The third-order valence-corrected chi connectivity index (χ3v) is 3.52. The molecule has 8 nitrogen and oxygen atoms in total. The van der Waals surface area contributed by atoms with Crippen LogP contribution in [-0.2, 0) is 0 Å². The first kappa shape index (κ1) is 12.6. The monoisotopic (exact) mass is 297 g/mol. The lowest BCUT2D eigenvalue weighted by Gasteiger charge is -2.01. The smallest absolute Gasteiger partial charge is 0.332 e. The van der Waals surface area contributed by atoms with Crippen LogP contribution in [0.1, 0.15) is 11.4 Å². The van der Waals surface area contributed by atoms with Gasteiger partial charge in [0.2, 0.25) is 0 Å². The van der Waals surface area contributed by atoms with E-state index in [9.17, 15) is 4.79 Å². The minimum absolute atomic E-state index is 0.298. The van der Waals surface area contributed by atoms with Crippen molar-refractivity contribution in [1.82, 2.24) is 24.8 Å². The van der Waals surface area contributed by atoms with Crippen molar-refractivity contribution in [1.29, 1.82) is 0 Å². The summed E-state index contributed by atoms with van der Waals surface area (Å²) in [6.45, 7) is 3.59. The largest absolute Gasteiger partial charge is 0.364 e. The molecule has 0 amide bonds. The Morgan fingerprint density at radius 1 is 1.09 bits per heavy atom. The van der Waals surface area contributed by atoms with E-state index in [1.165, 1.54) is 17.1 Å². The summed E-state index contributed by atoms with van der Waals surface area (Å²) in [6.07, 6.45) is 2.95. The van der Waals surface area contributed by atoms with Crippen molar-refractivity contribution < 1.29 is 9.05 Å². The SMILES string of the molecule is Cc1nocc1-c1ccc2[nH]c(=O)n(-c3conc3C)c2n1. The van der Waals surface area contributed by atoms with E-state index in [-0.39, 0.29) is 5.69 Å². The van der Waals surface area contributed by atoms with Crippen LogP contribution in [0.4, 0.5) is 0 Å². The zero-order valence-corrected chi connectivity index (χ0v) is 11.8. The summed E-state index contributed by atoms with van der Waals surface area (Å²) < 4.78 is 11.3. The molecule has 110 valence electrons. The number of imidazole rings is 1. The molecule has 0 fully saturated rings. The number of aryl methyl sites for hydroxylation is 2. The van der Waals surface area contributed by atoms with Crippen LogP contribution in [0.15, 0.2) is 38.5 Å². The fourth-order valence-corrected chi connectivity index (χ4v) is 2.40. The van der Waals surface area contributed by atoms with Gasteiger partial charge in [-0.3, -0.25) is 0 Å². The maximum absolute atomic E-state index is 12.2. The van der Waals surface area contributed by atoms with Crippen molar-refractivity contribution in [2.75, 3.05) is 0 Å². The molecular weight excluding hydrogens is 286 g/mol. The number of nitrogens with zero attached hydrogens (tertiary/aromatic N) is 4. The van der Waals surface area contributed by atoms with E-state index in [4.69, 9.17) is 9.05 Å². The Morgan fingerprint density at radius 3 is 2.55 bits per heavy atom. The van der Waals surface area contributed by atoms with Gasteiger partial charge in [-0.25, -0.2) is 14.3 Å². The first-order valence-electron chi connectivity index (χ1n) is 6.59. The lowest BCUT2D eigenvalue weighted by atomic mass is 10.2. The normalized spacial score (nSPS) is 11.4. The Balaban J connectivity index is 2.02. The van der Waals surface area contributed by atoms with Crippen LogP contribution in [0.5, 0.6) is 0 Å². The standard InChI is InChI=1S/C14H11N5O3/c1-7-9(5-21-17-7)10-3-4-11-13(15-10)19(14(20)16-11)12-6-22-18-8(12)2/h3-6H,1-2H3,(H,16,20). The zero-order chi connectivity index (χ0) is 15.3. The molecule has 4 aromatic heterocycles. The molecule has 22 heavy (non-hydrogen) atoms. The van der Waals surface area contributed by atoms with Crippen LogP contribution < -0.4 is 5.69 Å². The molecule has 0 aromatic carbocycles. The minimum Gasteiger partial charge on any atom is -0.364 e. The van der Waals surface area contributed by atoms with Crippen LogP contribution in [0.3, 0.4) is 0 Å². The number of H-pyrrole nitrogens is 1. The first-order valence-corrected chi connectivity index (χ1v) is 6.59. The Bertz CT molecular complexity index is 1040. The highest BCUT2D eigenvalue weighted by molar-refractivity contribution is 5.77. The van der Waals surface area contributed by atoms with E-state index >= 15 is 0 Å². The second-order valence-corrected chi connectivity index (χ2v) is 4.93. The molecule has 0 atom stereocenters. The van der Waals surface area contributed by atoms with Crippen molar-refractivity contribution in [3.63, 3.8) is 0 Å². The molecule has 4 rings (SSSR count). The van der Waals surface area contributed by atoms with Gasteiger partial charge in [-0.15, -0.1) is 0 Å².